The number of sulfonamides is 1. The Kier molecular flexibility index (Phi) is 4.39. The summed E-state index contributed by atoms with van der Waals surface area (Å²) in [4.78, 5) is 4.75. The molecule has 0 saturated carbocycles. The summed E-state index contributed by atoms with van der Waals surface area (Å²) in [5, 5.41) is 5.03. The van der Waals surface area contributed by atoms with Crippen LogP contribution in [0.4, 0.5) is 10.1 Å². The number of aryl methyl sites for hydroxylation is 1. The molecular formula is C14H14BrFN4O2S2. The minimum Gasteiger partial charge on any atom is -0.275 e. The lowest BCUT2D eigenvalue weighted by Crippen LogP contribution is -2.17. The number of nitrogens with zero attached hydrogens (tertiary/aromatic N) is 3. The molecule has 0 aliphatic carbocycles. The maximum Gasteiger partial charge on any atom is 0.281 e. The number of hydrogen-bond acceptors (Lipinski definition) is 5. The molecule has 0 atom stereocenters. The Bertz CT molecular complexity index is 1030. The molecule has 0 amide bonds. The minimum absolute atomic E-state index is 0.0806. The molecule has 24 heavy (non-hydrogen) atoms. The molecule has 0 unspecified atom stereocenters. The third-order valence-electron chi connectivity index (χ3n) is 3.26. The summed E-state index contributed by atoms with van der Waals surface area (Å²) < 4.78 is 43.5. The highest BCUT2D eigenvalue weighted by atomic mass is 79.9. The molecule has 1 N–H and O–H groups in total. The number of hydrogen-bond donors (Lipinski definition) is 1. The van der Waals surface area contributed by atoms with Crippen LogP contribution in [0.5, 0.6) is 0 Å². The molecule has 0 aliphatic rings. The number of fused-ring (bicyclic) bond motifs is 1. The highest BCUT2D eigenvalue weighted by molar-refractivity contribution is 9.10. The molecule has 128 valence electrons. The van der Waals surface area contributed by atoms with E-state index in [1.807, 2.05) is 13.8 Å². The highest BCUT2D eigenvalue weighted by Gasteiger charge is 2.27. The van der Waals surface area contributed by atoms with Crippen LogP contribution in [-0.4, -0.2) is 23.0 Å². The molecular weight excluding hydrogens is 419 g/mol. The minimum atomic E-state index is -4.04. The zero-order valence-corrected chi connectivity index (χ0v) is 16.3. The van der Waals surface area contributed by atoms with E-state index in [0.717, 1.165) is 5.01 Å². The lowest BCUT2D eigenvalue weighted by molar-refractivity contribution is 0.589. The second kappa shape index (κ2) is 6.08. The predicted octanol–water partition coefficient (Wildman–Crippen LogP) is 3.93. The molecule has 3 aromatic rings. The van der Waals surface area contributed by atoms with Crippen molar-refractivity contribution in [2.24, 2.45) is 0 Å². The normalized spacial score (nSPS) is 12.2. The largest absolute Gasteiger partial charge is 0.281 e. The standard InChI is InChI=1S/C14H14BrFN4O2S2/c1-7(2)12-18-20-13(8(3)17-14(20)23-12)24(21,22)19-11-5-4-9(15)6-10(11)16/h4-7,19H,1-3H3. The zero-order valence-electron chi connectivity index (χ0n) is 13.0. The van der Waals surface area contributed by atoms with Gasteiger partial charge in [0.15, 0.2) is 0 Å². The monoisotopic (exact) mass is 432 g/mol. The van der Waals surface area contributed by atoms with Gasteiger partial charge < -0.3 is 0 Å². The van der Waals surface area contributed by atoms with E-state index in [0.29, 0.717) is 15.1 Å². The lowest BCUT2D eigenvalue weighted by Gasteiger charge is -2.09. The quantitative estimate of drug-likeness (QED) is 0.677. The van der Waals surface area contributed by atoms with E-state index in [2.05, 4.69) is 30.7 Å². The molecule has 0 aliphatic heterocycles. The molecule has 0 fully saturated rings. The van der Waals surface area contributed by atoms with Crippen LogP contribution >= 0.6 is 27.3 Å². The SMILES string of the molecule is Cc1nc2sc(C(C)C)nn2c1S(=O)(=O)Nc1ccc(Br)cc1F. The Morgan fingerprint density at radius 3 is 2.71 bits per heavy atom. The van der Waals surface area contributed by atoms with Crippen molar-refractivity contribution in [1.29, 1.82) is 0 Å². The molecule has 0 spiro atoms. The number of nitrogens with one attached hydrogen (secondary N) is 1. The van der Waals surface area contributed by atoms with E-state index in [1.54, 1.807) is 13.0 Å². The zero-order chi connectivity index (χ0) is 17.6. The van der Waals surface area contributed by atoms with E-state index in [-0.39, 0.29) is 16.6 Å². The van der Waals surface area contributed by atoms with Gasteiger partial charge in [0.05, 0.1) is 11.4 Å². The van der Waals surface area contributed by atoms with E-state index < -0.39 is 15.8 Å². The summed E-state index contributed by atoms with van der Waals surface area (Å²) in [5.41, 5.74) is 0.181. The van der Waals surface area contributed by atoms with Crippen molar-refractivity contribution in [2.45, 2.75) is 31.7 Å². The summed E-state index contributed by atoms with van der Waals surface area (Å²) in [6, 6.07) is 4.10. The van der Waals surface area contributed by atoms with Crippen LogP contribution in [0.1, 0.15) is 30.5 Å². The summed E-state index contributed by atoms with van der Waals surface area (Å²) in [6.07, 6.45) is 0. The second-order valence-corrected chi connectivity index (χ2v) is 9.02. The average Bonchev–Trinajstić information content (AvgIpc) is 2.98. The van der Waals surface area contributed by atoms with Gasteiger partial charge in [0.25, 0.3) is 10.0 Å². The van der Waals surface area contributed by atoms with Gasteiger partial charge in [-0.2, -0.15) is 18.0 Å². The van der Waals surface area contributed by atoms with Gasteiger partial charge in [0.1, 0.15) is 10.8 Å². The van der Waals surface area contributed by atoms with Gasteiger partial charge in [-0.3, -0.25) is 4.72 Å². The third kappa shape index (κ3) is 3.05. The molecule has 0 radical (unpaired) electrons. The summed E-state index contributed by atoms with van der Waals surface area (Å²) >= 11 is 4.47. The fourth-order valence-corrected chi connectivity index (χ4v) is 4.83. The van der Waals surface area contributed by atoms with E-state index in [4.69, 9.17) is 0 Å². The Morgan fingerprint density at radius 1 is 1.38 bits per heavy atom. The van der Waals surface area contributed by atoms with E-state index >= 15 is 0 Å². The Labute approximate surface area is 150 Å². The predicted molar refractivity (Wildman–Crippen MR) is 94.6 cm³/mol. The molecule has 2 aromatic heterocycles. The van der Waals surface area contributed by atoms with Gasteiger partial charge in [-0.15, -0.1) is 0 Å². The molecule has 2 heterocycles. The van der Waals surface area contributed by atoms with Crippen molar-refractivity contribution in [2.75, 3.05) is 4.72 Å². The van der Waals surface area contributed by atoms with Crippen LogP contribution in [0.25, 0.3) is 4.96 Å². The Balaban J connectivity index is 2.09. The van der Waals surface area contributed by atoms with Gasteiger partial charge in [0.2, 0.25) is 9.99 Å². The summed E-state index contributed by atoms with van der Waals surface area (Å²) in [6.45, 7) is 5.52. The van der Waals surface area contributed by atoms with Crippen molar-refractivity contribution in [1.82, 2.24) is 14.6 Å². The highest BCUT2D eigenvalue weighted by Crippen LogP contribution is 2.28. The van der Waals surface area contributed by atoms with Crippen molar-refractivity contribution in [3.05, 3.63) is 39.2 Å². The molecule has 1 aromatic carbocycles. The number of anilines is 1. The number of aromatic nitrogens is 3. The molecule has 0 bridgehead atoms. The number of rotatable bonds is 4. The van der Waals surface area contributed by atoms with Crippen molar-refractivity contribution < 1.29 is 12.8 Å². The van der Waals surface area contributed by atoms with Crippen LogP contribution in [0, 0.1) is 12.7 Å². The number of benzene rings is 1. The van der Waals surface area contributed by atoms with Gasteiger partial charge in [0, 0.05) is 10.4 Å². The lowest BCUT2D eigenvalue weighted by atomic mass is 10.2. The first-order valence-electron chi connectivity index (χ1n) is 7.03. The summed E-state index contributed by atoms with van der Waals surface area (Å²) in [5.74, 6) is -0.517. The summed E-state index contributed by atoms with van der Waals surface area (Å²) in [7, 11) is -4.04. The van der Waals surface area contributed by atoms with Crippen LogP contribution in [0.3, 0.4) is 0 Å². The molecule has 6 nitrogen and oxygen atoms in total. The molecule has 3 rings (SSSR count). The third-order valence-corrected chi connectivity index (χ3v) is 6.43. The average molecular weight is 433 g/mol. The van der Waals surface area contributed by atoms with Crippen LogP contribution in [0.15, 0.2) is 27.7 Å². The van der Waals surface area contributed by atoms with Gasteiger partial charge in [-0.1, -0.05) is 41.1 Å². The fourth-order valence-electron chi connectivity index (χ4n) is 2.15. The molecule has 10 heteroatoms. The number of halogens is 2. The smallest absolute Gasteiger partial charge is 0.275 e. The maximum atomic E-state index is 14.0. The van der Waals surface area contributed by atoms with Gasteiger partial charge >= 0.3 is 0 Å². The fraction of sp³-hybridized carbons (Fsp3) is 0.286. The first kappa shape index (κ1) is 17.3. The topological polar surface area (TPSA) is 76.4 Å². The van der Waals surface area contributed by atoms with E-state index in [1.165, 1.54) is 28.0 Å². The van der Waals surface area contributed by atoms with Gasteiger partial charge in [-0.05, 0) is 25.1 Å². The maximum absolute atomic E-state index is 14.0. The van der Waals surface area contributed by atoms with Gasteiger partial charge in [-0.25, -0.2) is 9.37 Å². The Morgan fingerprint density at radius 2 is 2.08 bits per heavy atom. The Hall–Kier alpha value is -1.52. The number of imidazole rings is 1. The van der Waals surface area contributed by atoms with Crippen molar-refractivity contribution in [3.8, 4) is 0 Å². The van der Waals surface area contributed by atoms with Crippen LogP contribution in [0.2, 0.25) is 0 Å². The second-order valence-electron chi connectivity index (χ2n) is 5.52. The van der Waals surface area contributed by atoms with E-state index in [9.17, 15) is 12.8 Å². The van der Waals surface area contributed by atoms with Crippen molar-refractivity contribution >= 4 is 47.9 Å². The first-order valence-corrected chi connectivity index (χ1v) is 10.1. The van der Waals surface area contributed by atoms with Crippen LogP contribution < -0.4 is 4.72 Å². The van der Waals surface area contributed by atoms with Crippen LogP contribution in [-0.2, 0) is 10.0 Å². The van der Waals surface area contributed by atoms with Crippen molar-refractivity contribution in [3.63, 3.8) is 0 Å². The molecule has 0 saturated heterocycles. The first-order chi connectivity index (χ1) is 11.2.